The second-order valence-electron chi connectivity index (χ2n) is 5.16. The minimum Gasteiger partial charge on any atom is -0.393 e. The van der Waals surface area contributed by atoms with E-state index in [-0.39, 0.29) is 30.0 Å². The van der Waals surface area contributed by atoms with Crippen molar-refractivity contribution < 1.29 is 9.90 Å². The van der Waals surface area contributed by atoms with Crippen LogP contribution in [0.15, 0.2) is 0 Å². The molecule has 0 bridgehead atoms. The largest absolute Gasteiger partial charge is 0.393 e. The normalized spacial score (nSPS) is 39.6. The fraction of sp³-hybridized carbons (Fsp3) is 0.917. The van der Waals surface area contributed by atoms with E-state index < -0.39 is 0 Å². The number of hydrogen-bond acceptors (Lipinski definition) is 3. The molecule has 2 rings (SSSR count). The number of amides is 1. The van der Waals surface area contributed by atoms with Crippen LogP contribution in [-0.2, 0) is 4.79 Å². The molecular weight excluding hydrogens is 204 g/mol. The molecule has 0 radical (unpaired) electrons. The molecule has 16 heavy (non-hydrogen) atoms. The van der Waals surface area contributed by atoms with Crippen LogP contribution in [0.1, 0.15) is 39.0 Å². The van der Waals surface area contributed by atoms with Gasteiger partial charge in [-0.25, -0.2) is 0 Å². The molecule has 4 nitrogen and oxygen atoms in total. The fourth-order valence-electron chi connectivity index (χ4n) is 2.82. The minimum atomic E-state index is -0.224. The van der Waals surface area contributed by atoms with E-state index in [9.17, 15) is 9.90 Å². The van der Waals surface area contributed by atoms with E-state index in [0.29, 0.717) is 0 Å². The molecule has 4 atom stereocenters. The molecule has 0 aromatic heterocycles. The van der Waals surface area contributed by atoms with Crippen LogP contribution >= 0.6 is 0 Å². The first-order valence-corrected chi connectivity index (χ1v) is 6.38. The lowest BCUT2D eigenvalue weighted by atomic mass is 9.92. The Labute approximate surface area is 96.8 Å². The van der Waals surface area contributed by atoms with Gasteiger partial charge in [0.1, 0.15) is 0 Å². The third kappa shape index (κ3) is 2.74. The average Bonchev–Trinajstić information content (AvgIpc) is 2.64. The lowest BCUT2D eigenvalue weighted by Crippen LogP contribution is -2.44. The Bertz CT molecular complexity index is 257. The van der Waals surface area contributed by atoms with Crippen molar-refractivity contribution in [2.75, 3.05) is 6.54 Å². The molecule has 4 heteroatoms. The van der Waals surface area contributed by atoms with Gasteiger partial charge in [0.15, 0.2) is 0 Å². The van der Waals surface area contributed by atoms with Gasteiger partial charge < -0.3 is 15.7 Å². The molecule has 1 heterocycles. The Balaban J connectivity index is 1.82. The van der Waals surface area contributed by atoms with Gasteiger partial charge in [-0.05, 0) is 45.6 Å². The smallest absolute Gasteiger partial charge is 0.224 e. The minimum absolute atomic E-state index is 0.110. The summed E-state index contributed by atoms with van der Waals surface area (Å²) in [4.78, 5) is 12.0. The highest BCUT2D eigenvalue weighted by Gasteiger charge is 2.31. The SMILES string of the molecule is CC1NCCC1C(=O)NC1CCCC(O)C1. The first-order valence-electron chi connectivity index (χ1n) is 6.38. The summed E-state index contributed by atoms with van der Waals surface area (Å²) < 4.78 is 0. The van der Waals surface area contributed by atoms with Crippen molar-refractivity contribution in [1.29, 1.82) is 0 Å². The molecule has 3 N–H and O–H groups in total. The predicted octanol–water partition coefficient (Wildman–Crippen LogP) is 0.404. The van der Waals surface area contributed by atoms with Crippen LogP contribution in [0.2, 0.25) is 0 Å². The fourth-order valence-corrected chi connectivity index (χ4v) is 2.82. The standard InChI is InChI=1S/C12H22N2O2/c1-8-11(5-6-13-8)12(16)14-9-3-2-4-10(15)7-9/h8-11,13,15H,2-7H2,1H3,(H,14,16). The Morgan fingerprint density at radius 1 is 1.38 bits per heavy atom. The lowest BCUT2D eigenvalue weighted by molar-refractivity contribution is -0.126. The van der Waals surface area contributed by atoms with Gasteiger partial charge in [0.05, 0.1) is 12.0 Å². The third-order valence-electron chi connectivity index (χ3n) is 3.85. The van der Waals surface area contributed by atoms with E-state index in [0.717, 1.165) is 38.6 Å². The van der Waals surface area contributed by atoms with Crippen molar-refractivity contribution in [3.05, 3.63) is 0 Å². The van der Waals surface area contributed by atoms with E-state index in [1.54, 1.807) is 0 Å². The molecule has 0 aromatic carbocycles. The number of carbonyl (C=O) groups excluding carboxylic acids is 1. The summed E-state index contributed by atoms with van der Waals surface area (Å²) in [6.45, 7) is 3.00. The van der Waals surface area contributed by atoms with Crippen molar-refractivity contribution in [2.24, 2.45) is 5.92 Å². The van der Waals surface area contributed by atoms with Crippen LogP contribution in [0.5, 0.6) is 0 Å². The Morgan fingerprint density at radius 2 is 2.19 bits per heavy atom. The Morgan fingerprint density at radius 3 is 2.81 bits per heavy atom. The van der Waals surface area contributed by atoms with E-state index in [1.807, 2.05) is 0 Å². The van der Waals surface area contributed by atoms with E-state index in [4.69, 9.17) is 0 Å². The van der Waals surface area contributed by atoms with E-state index in [2.05, 4.69) is 17.6 Å². The molecule has 2 fully saturated rings. The molecule has 1 amide bonds. The van der Waals surface area contributed by atoms with Gasteiger partial charge in [-0.15, -0.1) is 0 Å². The Kier molecular flexibility index (Phi) is 3.82. The van der Waals surface area contributed by atoms with Crippen molar-refractivity contribution in [3.63, 3.8) is 0 Å². The molecule has 1 aliphatic heterocycles. The molecule has 0 aromatic rings. The average molecular weight is 226 g/mol. The number of carbonyl (C=O) groups is 1. The van der Waals surface area contributed by atoms with E-state index >= 15 is 0 Å². The quantitative estimate of drug-likeness (QED) is 0.639. The second kappa shape index (κ2) is 5.15. The first kappa shape index (κ1) is 11.9. The second-order valence-corrected chi connectivity index (χ2v) is 5.16. The molecule has 4 unspecified atom stereocenters. The van der Waals surface area contributed by atoms with Crippen molar-refractivity contribution in [2.45, 2.75) is 57.2 Å². The topological polar surface area (TPSA) is 61.4 Å². The highest BCUT2D eigenvalue weighted by atomic mass is 16.3. The maximum atomic E-state index is 12.0. The van der Waals surface area contributed by atoms with Crippen LogP contribution in [-0.4, -0.2) is 35.7 Å². The van der Waals surface area contributed by atoms with Crippen LogP contribution < -0.4 is 10.6 Å². The van der Waals surface area contributed by atoms with Gasteiger partial charge in [-0.2, -0.15) is 0 Å². The third-order valence-corrected chi connectivity index (χ3v) is 3.85. The van der Waals surface area contributed by atoms with Gasteiger partial charge in [0, 0.05) is 12.1 Å². The molecule has 1 saturated carbocycles. The van der Waals surface area contributed by atoms with Gasteiger partial charge in [-0.1, -0.05) is 0 Å². The number of rotatable bonds is 2. The first-order chi connectivity index (χ1) is 7.66. The number of nitrogens with one attached hydrogen (secondary N) is 2. The zero-order valence-corrected chi connectivity index (χ0v) is 9.91. The molecular formula is C12H22N2O2. The monoisotopic (exact) mass is 226 g/mol. The summed E-state index contributed by atoms with van der Waals surface area (Å²) in [7, 11) is 0. The van der Waals surface area contributed by atoms with Crippen LogP contribution in [0.4, 0.5) is 0 Å². The predicted molar refractivity (Wildman–Crippen MR) is 62.0 cm³/mol. The summed E-state index contributed by atoms with van der Waals surface area (Å²) in [5.41, 5.74) is 0. The van der Waals surface area contributed by atoms with Crippen LogP contribution in [0, 0.1) is 5.92 Å². The maximum Gasteiger partial charge on any atom is 0.224 e. The molecule has 1 saturated heterocycles. The zero-order valence-electron chi connectivity index (χ0n) is 9.91. The highest BCUT2D eigenvalue weighted by molar-refractivity contribution is 5.80. The van der Waals surface area contributed by atoms with Gasteiger partial charge >= 0.3 is 0 Å². The number of aliphatic hydroxyl groups excluding tert-OH is 1. The van der Waals surface area contributed by atoms with Crippen molar-refractivity contribution >= 4 is 5.91 Å². The summed E-state index contributed by atoms with van der Waals surface area (Å²) in [5.74, 6) is 0.274. The van der Waals surface area contributed by atoms with Crippen molar-refractivity contribution in [3.8, 4) is 0 Å². The molecule has 92 valence electrons. The van der Waals surface area contributed by atoms with E-state index in [1.165, 1.54) is 0 Å². The van der Waals surface area contributed by atoms with Crippen LogP contribution in [0.25, 0.3) is 0 Å². The van der Waals surface area contributed by atoms with Gasteiger partial charge in [0.2, 0.25) is 5.91 Å². The number of aliphatic hydroxyl groups is 1. The van der Waals surface area contributed by atoms with Crippen molar-refractivity contribution in [1.82, 2.24) is 10.6 Å². The molecule has 2 aliphatic rings. The Hall–Kier alpha value is -0.610. The summed E-state index contributed by atoms with van der Waals surface area (Å²) in [5, 5.41) is 15.9. The lowest BCUT2D eigenvalue weighted by Gasteiger charge is -2.28. The highest BCUT2D eigenvalue weighted by Crippen LogP contribution is 2.20. The summed E-state index contributed by atoms with van der Waals surface area (Å²) in [6.07, 6.45) is 4.34. The molecule has 0 spiro atoms. The van der Waals surface area contributed by atoms with Crippen LogP contribution in [0.3, 0.4) is 0 Å². The number of hydrogen-bond donors (Lipinski definition) is 3. The van der Waals surface area contributed by atoms with Gasteiger partial charge in [0.25, 0.3) is 0 Å². The molecule has 1 aliphatic carbocycles. The summed E-state index contributed by atoms with van der Waals surface area (Å²) >= 11 is 0. The maximum absolute atomic E-state index is 12.0. The van der Waals surface area contributed by atoms with Gasteiger partial charge in [-0.3, -0.25) is 4.79 Å². The summed E-state index contributed by atoms with van der Waals surface area (Å²) in [6, 6.07) is 0.470. The zero-order chi connectivity index (χ0) is 11.5.